The van der Waals surface area contributed by atoms with Gasteiger partial charge in [0.15, 0.2) is 0 Å². The van der Waals surface area contributed by atoms with Crippen molar-refractivity contribution in [3.05, 3.63) is 40.2 Å². The highest BCUT2D eigenvalue weighted by Crippen LogP contribution is 2.29. The predicted octanol–water partition coefficient (Wildman–Crippen LogP) is 2.70. The van der Waals surface area contributed by atoms with Crippen LogP contribution in [0.3, 0.4) is 0 Å². The van der Waals surface area contributed by atoms with E-state index in [2.05, 4.69) is 14.7 Å². The fraction of sp³-hybridized carbons (Fsp3) is 0.286. The molecule has 0 spiro atoms. The topological polar surface area (TPSA) is 75.2 Å². The van der Waals surface area contributed by atoms with Crippen LogP contribution in [-0.2, 0) is 6.42 Å². The number of para-hydroxylation sites is 1. The molecule has 1 aromatic heterocycles. The average molecular weight is 296 g/mol. The van der Waals surface area contributed by atoms with Gasteiger partial charge in [-0.15, -0.1) is 0 Å². The molecule has 0 saturated heterocycles. The van der Waals surface area contributed by atoms with Crippen LogP contribution < -0.4 is 10.3 Å². The molecule has 0 fully saturated rings. The molecule has 0 aliphatic heterocycles. The Kier molecular flexibility index (Phi) is 4.52. The fourth-order valence-electron chi connectivity index (χ4n) is 1.95. The summed E-state index contributed by atoms with van der Waals surface area (Å²) in [6, 6.07) is 5.91. The standard InChI is InChI=1S/C14H14F2N2O3/c1-2-5-9-12(19)17-11(18-13(9)20)8-6-3-4-7-10(8)21-14(15)16/h3-4,6-7,14H,2,5H2,1H3,(H2,17,18,19,20). The lowest BCUT2D eigenvalue weighted by atomic mass is 10.1. The number of aromatic amines is 1. The van der Waals surface area contributed by atoms with Crippen molar-refractivity contribution in [3.8, 4) is 23.0 Å². The van der Waals surface area contributed by atoms with Gasteiger partial charge in [0.1, 0.15) is 11.6 Å². The number of rotatable bonds is 5. The zero-order chi connectivity index (χ0) is 15.4. The van der Waals surface area contributed by atoms with Gasteiger partial charge in [-0.25, -0.2) is 0 Å². The van der Waals surface area contributed by atoms with Crippen LogP contribution in [-0.4, -0.2) is 21.7 Å². The van der Waals surface area contributed by atoms with Crippen molar-refractivity contribution < 1.29 is 18.6 Å². The molecule has 0 radical (unpaired) electrons. The lowest BCUT2D eigenvalue weighted by molar-refractivity contribution is -0.0494. The minimum absolute atomic E-state index is 0.0198. The first-order chi connectivity index (χ1) is 10.0. The van der Waals surface area contributed by atoms with Crippen molar-refractivity contribution in [1.82, 2.24) is 9.97 Å². The van der Waals surface area contributed by atoms with E-state index in [4.69, 9.17) is 0 Å². The number of nitrogens with one attached hydrogen (secondary N) is 1. The normalized spacial score (nSPS) is 10.9. The number of benzene rings is 1. The van der Waals surface area contributed by atoms with Gasteiger partial charge in [0, 0.05) is 0 Å². The summed E-state index contributed by atoms with van der Waals surface area (Å²) in [5, 5.41) is 9.82. The van der Waals surface area contributed by atoms with Gasteiger partial charge in [0.05, 0.1) is 11.1 Å². The van der Waals surface area contributed by atoms with Crippen molar-refractivity contribution in [2.24, 2.45) is 0 Å². The highest BCUT2D eigenvalue weighted by Gasteiger charge is 2.15. The average Bonchev–Trinajstić information content (AvgIpc) is 2.42. The number of alkyl halides is 2. The molecular formula is C14H14F2N2O3. The number of halogens is 2. The third-order valence-corrected chi connectivity index (χ3v) is 2.85. The molecule has 0 bridgehead atoms. The number of hydrogen-bond donors (Lipinski definition) is 2. The lowest BCUT2D eigenvalue weighted by Crippen LogP contribution is -2.15. The van der Waals surface area contributed by atoms with Gasteiger partial charge in [-0.05, 0) is 18.6 Å². The van der Waals surface area contributed by atoms with Crippen molar-refractivity contribution in [2.45, 2.75) is 26.4 Å². The summed E-state index contributed by atoms with van der Waals surface area (Å²) in [6.45, 7) is -1.13. The highest BCUT2D eigenvalue weighted by atomic mass is 19.3. The van der Waals surface area contributed by atoms with Gasteiger partial charge in [0.2, 0.25) is 5.88 Å². The first kappa shape index (κ1) is 15.0. The molecule has 0 atom stereocenters. The minimum atomic E-state index is -2.99. The molecule has 2 N–H and O–H groups in total. The van der Waals surface area contributed by atoms with Crippen molar-refractivity contribution in [1.29, 1.82) is 0 Å². The van der Waals surface area contributed by atoms with Crippen LogP contribution in [0.5, 0.6) is 11.6 Å². The Morgan fingerprint density at radius 1 is 1.38 bits per heavy atom. The zero-order valence-corrected chi connectivity index (χ0v) is 11.3. The maximum absolute atomic E-state index is 12.4. The Morgan fingerprint density at radius 3 is 2.71 bits per heavy atom. The number of aromatic nitrogens is 2. The summed E-state index contributed by atoms with van der Waals surface area (Å²) in [5.74, 6) is -0.547. The van der Waals surface area contributed by atoms with E-state index in [0.29, 0.717) is 12.8 Å². The first-order valence-corrected chi connectivity index (χ1v) is 6.39. The second-order valence-corrected chi connectivity index (χ2v) is 4.34. The zero-order valence-electron chi connectivity index (χ0n) is 11.3. The van der Waals surface area contributed by atoms with E-state index >= 15 is 0 Å². The Hall–Kier alpha value is -2.44. The fourth-order valence-corrected chi connectivity index (χ4v) is 1.95. The highest BCUT2D eigenvalue weighted by molar-refractivity contribution is 5.64. The Morgan fingerprint density at radius 2 is 2.10 bits per heavy atom. The molecule has 0 aliphatic rings. The predicted molar refractivity (Wildman–Crippen MR) is 72.6 cm³/mol. The Labute approximate surface area is 119 Å². The lowest BCUT2D eigenvalue weighted by Gasteiger charge is -2.10. The van der Waals surface area contributed by atoms with Gasteiger partial charge >= 0.3 is 6.61 Å². The van der Waals surface area contributed by atoms with Gasteiger partial charge in [-0.1, -0.05) is 25.5 Å². The van der Waals surface area contributed by atoms with Crippen LogP contribution in [0.1, 0.15) is 18.9 Å². The van der Waals surface area contributed by atoms with E-state index in [1.54, 1.807) is 6.07 Å². The van der Waals surface area contributed by atoms with Crippen LogP contribution in [0.2, 0.25) is 0 Å². The van der Waals surface area contributed by atoms with E-state index < -0.39 is 18.1 Å². The summed E-state index contributed by atoms with van der Waals surface area (Å²) < 4.78 is 29.1. The molecule has 112 valence electrons. The number of aromatic hydroxyl groups is 1. The maximum Gasteiger partial charge on any atom is 0.387 e. The maximum atomic E-state index is 12.4. The molecule has 1 aromatic carbocycles. The van der Waals surface area contributed by atoms with Gasteiger partial charge in [-0.3, -0.25) is 4.79 Å². The van der Waals surface area contributed by atoms with E-state index in [-0.39, 0.29) is 22.7 Å². The Bertz CT molecular complexity index is 686. The largest absolute Gasteiger partial charge is 0.493 e. The van der Waals surface area contributed by atoms with Crippen molar-refractivity contribution in [2.75, 3.05) is 0 Å². The summed E-state index contributed by atoms with van der Waals surface area (Å²) in [5.41, 5.74) is -0.145. The molecular weight excluding hydrogens is 282 g/mol. The third-order valence-electron chi connectivity index (χ3n) is 2.85. The molecule has 5 nitrogen and oxygen atoms in total. The molecule has 21 heavy (non-hydrogen) atoms. The summed E-state index contributed by atoms with van der Waals surface area (Å²) in [6.07, 6.45) is 1.05. The van der Waals surface area contributed by atoms with E-state index in [9.17, 15) is 18.7 Å². The van der Waals surface area contributed by atoms with Crippen LogP contribution in [0.4, 0.5) is 8.78 Å². The number of H-pyrrole nitrogens is 1. The van der Waals surface area contributed by atoms with Crippen LogP contribution in [0.25, 0.3) is 11.4 Å². The summed E-state index contributed by atoms with van der Waals surface area (Å²) >= 11 is 0. The van der Waals surface area contributed by atoms with Gasteiger partial charge < -0.3 is 14.8 Å². The van der Waals surface area contributed by atoms with Gasteiger partial charge in [0.25, 0.3) is 5.56 Å². The minimum Gasteiger partial charge on any atom is -0.493 e. The van der Waals surface area contributed by atoms with E-state index in [1.165, 1.54) is 18.2 Å². The monoisotopic (exact) mass is 296 g/mol. The molecule has 0 unspecified atom stereocenters. The number of nitrogens with zero attached hydrogens (tertiary/aromatic N) is 1. The van der Waals surface area contributed by atoms with E-state index in [0.717, 1.165) is 0 Å². The van der Waals surface area contributed by atoms with Crippen molar-refractivity contribution in [3.63, 3.8) is 0 Å². The Balaban J connectivity index is 2.50. The number of hydrogen-bond acceptors (Lipinski definition) is 4. The van der Waals surface area contributed by atoms with Crippen LogP contribution in [0, 0.1) is 0 Å². The quantitative estimate of drug-likeness (QED) is 0.889. The second-order valence-electron chi connectivity index (χ2n) is 4.34. The molecule has 2 aromatic rings. The van der Waals surface area contributed by atoms with Gasteiger partial charge in [-0.2, -0.15) is 13.8 Å². The molecule has 0 amide bonds. The molecule has 0 aliphatic carbocycles. The van der Waals surface area contributed by atoms with Crippen LogP contribution >= 0.6 is 0 Å². The first-order valence-electron chi connectivity index (χ1n) is 6.39. The summed E-state index contributed by atoms with van der Waals surface area (Å²) in [4.78, 5) is 18.3. The number of ether oxygens (including phenoxy) is 1. The smallest absolute Gasteiger partial charge is 0.387 e. The van der Waals surface area contributed by atoms with E-state index in [1.807, 2.05) is 6.92 Å². The summed E-state index contributed by atoms with van der Waals surface area (Å²) in [7, 11) is 0. The third kappa shape index (κ3) is 3.36. The van der Waals surface area contributed by atoms with Crippen LogP contribution in [0.15, 0.2) is 29.1 Å². The molecule has 2 rings (SSSR count). The van der Waals surface area contributed by atoms with Crippen molar-refractivity contribution >= 4 is 0 Å². The molecule has 7 heteroatoms. The SMILES string of the molecule is CCCc1c(O)nc(-c2ccccc2OC(F)F)[nH]c1=O. The second kappa shape index (κ2) is 6.34. The molecule has 1 heterocycles. The molecule has 0 saturated carbocycles.